The molecule has 5 nitrogen and oxygen atoms in total. The molecule has 2 unspecified atom stereocenters. The van der Waals surface area contributed by atoms with Crippen molar-refractivity contribution in [2.75, 3.05) is 6.54 Å². The van der Waals surface area contributed by atoms with Crippen LogP contribution < -0.4 is 5.32 Å². The van der Waals surface area contributed by atoms with Gasteiger partial charge in [0.1, 0.15) is 0 Å². The first-order valence-electron chi connectivity index (χ1n) is 9.06. The van der Waals surface area contributed by atoms with Gasteiger partial charge in [0.15, 0.2) is 0 Å². The number of nitrogens with zero attached hydrogens (tertiary/aromatic N) is 3. The first kappa shape index (κ1) is 17.1. The van der Waals surface area contributed by atoms with E-state index in [1.165, 1.54) is 24.8 Å². The van der Waals surface area contributed by atoms with E-state index in [0.29, 0.717) is 5.92 Å². The molecule has 0 spiro atoms. The van der Waals surface area contributed by atoms with E-state index in [-0.39, 0.29) is 6.10 Å². The molecule has 2 atom stereocenters. The first-order valence-corrected chi connectivity index (χ1v) is 9.06. The van der Waals surface area contributed by atoms with Crippen molar-refractivity contribution in [1.82, 2.24) is 20.1 Å². The van der Waals surface area contributed by atoms with Crippen molar-refractivity contribution in [2.24, 2.45) is 13.0 Å². The molecule has 0 radical (unpaired) electrons. The van der Waals surface area contributed by atoms with E-state index < -0.39 is 0 Å². The van der Waals surface area contributed by atoms with Crippen LogP contribution in [0.2, 0.25) is 0 Å². The van der Waals surface area contributed by atoms with Crippen LogP contribution in [0.5, 0.6) is 0 Å². The van der Waals surface area contributed by atoms with Crippen molar-refractivity contribution in [1.29, 1.82) is 0 Å². The summed E-state index contributed by atoms with van der Waals surface area (Å²) in [6, 6.07) is 3.99. The highest BCUT2D eigenvalue weighted by molar-refractivity contribution is 5.61. The molecule has 1 aliphatic carbocycles. The third-order valence-electron chi connectivity index (χ3n) is 4.95. The highest BCUT2D eigenvalue weighted by atomic mass is 16.3. The van der Waals surface area contributed by atoms with Crippen LogP contribution in [0.1, 0.15) is 44.1 Å². The number of aromatic nitrogens is 3. The van der Waals surface area contributed by atoms with Gasteiger partial charge in [-0.1, -0.05) is 12.8 Å². The van der Waals surface area contributed by atoms with Crippen LogP contribution in [0.15, 0.2) is 30.7 Å². The summed E-state index contributed by atoms with van der Waals surface area (Å²) >= 11 is 0. The molecule has 2 aromatic heterocycles. The molecule has 0 aliphatic heterocycles. The van der Waals surface area contributed by atoms with Crippen molar-refractivity contribution in [3.8, 4) is 11.3 Å². The minimum absolute atomic E-state index is 0.0748. The van der Waals surface area contributed by atoms with Gasteiger partial charge in [0, 0.05) is 43.3 Å². The summed E-state index contributed by atoms with van der Waals surface area (Å²) in [5.74, 6) is 0.505. The van der Waals surface area contributed by atoms with Crippen molar-refractivity contribution in [3.05, 3.63) is 36.3 Å². The van der Waals surface area contributed by atoms with Gasteiger partial charge in [-0.25, -0.2) is 0 Å². The van der Waals surface area contributed by atoms with Crippen LogP contribution in [-0.2, 0) is 13.6 Å². The van der Waals surface area contributed by atoms with Gasteiger partial charge in [-0.2, -0.15) is 5.10 Å². The summed E-state index contributed by atoms with van der Waals surface area (Å²) in [5.41, 5.74) is 3.25. The second-order valence-electron chi connectivity index (χ2n) is 6.85. The topological polar surface area (TPSA) is 63.0 Å². The second-order valence-corrected chi connectivity index (χ2v) is 6.85. The number of hydrogen-bond donors (Lipinski definition) is 2. The maximum absolute atomic E-state index is 10.0. The number of nitrogens with one attached hydrogen (secondary N) is 1. The predicted molar refractivity (Wildman–Crippen MR) is 95.3 cm³/mol. The molecule has 0 amide bonds. The number of aliphatic hydroxyl groups excluding tert-OH is 1. The number of aryl methyl sites for hydroxylation is 1. The minimum atomic E-state index is -0.0748. The third-order valence-corrected chi connectivity index (χ3v) is 4.95. The van der Waals surface area contributed by atoms with E-state index >= 15 is 0 Å². The summed E-state index contributed by atoms with van der Waals surface area (Å²) in [7, 11) is 1.95. The highest BCUT2D eigenvalue weighted by Gasteiger charge is 2.22. The molecule has 1 aliphatic rings. The molecule has 3 rings (SSSR count). The summed E-state index contributed by atoms with van der Waals surface area (Å²) in [4.78, 5) is 4.19. The SMILES string of the molecule is Cn1cc(CNCCCC2CCCCC2O)c(-c2cccnc2)n1. The van der Waals surface area contributed by atoms with Crippen molar-refractivity contribution >= 4 is 0 Å². The molecule has 0 saturated heterocycles. The van der Waals surface area contributed by atoms with Gasteiger partial charge in [0.2, 0.25) is 0 Å². The van der Waals surface area contributed by atoms with Gasteiger partial charge in [0.25, 0.3) is 0 Å². The maximum atomic E-state index is 10.0. The van der Waals surface area contributed by atoms with Crippen molar-refractivity contribution in [3.63, 3.8) is 0 Å². The largest absolute Gasteiger partial charge is 0.393 e. The Morgan fingerprint density at radius 2 is 2.21 bits per heavy atom. The fourth-order valence-electron chi connectivity index (χ4n) is 3.65. The average Bonchev–Trinajstić information content (AvgIpc) is 2.98. The molecule has 0 bridgehead atoms. The highest BCUT2D eigenvalue weighted by Crippen LogP contribution is 2.27. The number of aliphatic hydroxyl groups is 1. The zero-order valence-corrected chi connectivity index (χ0v) is 14.5. The lowest BCUT2D eigenvalue weighted by Gasteiger charge is -2.27. The monoisotopic (exact) mass is 328 g/mol. The van der Waals surface area contributed by atoms with Crippen molar-refractivity contribution in [2.45, 2.75) is 51.2 Å². The van der Waals surface area contributed by atoms with Gasteiger partial charge in [-0.15, -0.1) is 0 Å². The normalized spacial score (nSPS) is 21.1. The van der Waals surface area contributed by atoms with Gasteiger partial charge in [-0.3, -0.25) is 9.67 Å². The lowest BCUT2D eigenvalue weighted by Crippen LogP contribution is -2.25. The predicted octanol–water partition coefficient (Wildman–Crippen LogP) is 2.90. The standard InChI is InChI=1S/C19H28N4O/c1-23-14-17(19(22-23)16-8-5-11-20-12-16)13-21-10-4-7-15-6-2-3-9-18(15)24/h5,8,11-12,14-15,18,21,24H,2-4,6-7,9-10,13H2,1H3. The Hall–Kier alpha value is -1.72. The Kier molecular flexibility index (Phi) is 5.99. The zero-order valence-electron chi connectivity index (χ0n) is 14.5. The van der Waals surface area contributed by atoms with E-state index in [4.69, 9.17) is 0 Å². The maximum Gasteiger partial charge on any atom is 0.0983 e. The van der Waals surface area contributed by atoms with Crippen LogP contribution in [-0.4, -0.2) is 32.5 Å². The summed E-state index contributed by atoms with van der Waals surface area (Å²) < 4.78 is 1.86. The summed E-state index contributed by atoms with van der Waals surface area (Å²) in [6.07, 6.45) is 12.5. The van der Waals surface area contributed by atoms with Crippen LogP contribution in [0.4, 0.5) is 0 Å². The summed E-state index contributed by atoms with van der Waals surface area (Å²) in [5, 5.41) is 18.1. The van der Waals surface area contributed by atoms with Crippen LogP contribution >= 0.6 is 0 Å². The molecular weight excluding hydrogens is 300 g/mol. The Labute approximate surface area is 144 Å². The number of rotatable bonds is 7. The Bertz CT molecular complexity index is 626. The Balaban J connectivity index is 1.47. The molecule has 0 aromatic carbocycles. The molecular formula is C19H28N4O. The molecule has 5 heteroatoms. The molecule has 24 heavy (non-hydrogen) atoms. The molecule has 2 aromatic rings. The number of pyridine rings is 1. The lowest BCUT2D eigenvalue weighted by molar-refractivity contribution is 0.0643. The van der Waals surface area contributed by atoms with Gasteiger partial charge in [0.05, 0.1) is 11.8 Å². The fourth-order valence-corrected chi connectivity index (χ4v) is 3.65. The second kappa shape index (κ2) is 8.40. The summed E-state index contributed by atoms with van der Waals surface area (Å²) in [6.45, 7) is 1.79. The minimum Gasteiger partial charge on any atom is -0.393 e. The zero-order chi connectivity index (χ0) is 16.8. The smallest absolute Gasteiger partial charge is 0.0983 e. The van der Waals surface area contributed by atoms with E-state index in [0.717, 1.165) is 43.6 Å². The molecule has 1 saturated carbocycles. The van der Waals surface area contributed by atoms with Crippen LogP contribution in [0.3, 0.4) is 0 Å². The Morgan fingerprint density at radius 3 is 3.00 bits per heavy atom. The molecule has 130 valence electrons. The van der Waals surface area contributed by atoms with E-state index in [1.54, 1.807) is 6.20 Å². The quantitative estimate of drug-likeness (QED) is 0.767. The van der Waals surface area contributed by atoms with E-state index in [2.05, 4.69) is 21.6 Å². The number of hydrogen-bond acceptors (Lipinski definition) is 4. The average molecular weight is 328 g/mol. The van der Waals surface area contributed by atoms with Crippen molar-refractivity contribution < 1.29 is 5.11 Å². The van der Waals surface area contributed by atoms with E-state index in [1.807, 2.05) is 30.1 Å². The third kappa shape index (κ3) is 4.42. The first-order chi connectivity index (χ1) is 11.7. The van der Waals surface area contributed by atoms with Crippen LogP contribution in [0.25, 0.3) is 11.3 Å². The lowest BCUT2D eigenvalue weighted by atomic mass is 9.83. The van der Waals surface area contributed by atoms with Gasteiger partial charge in [-0.05, 0) is 50.3 Å². The van der Waals surface area contributed by atoms with Crippen LogP contribution in [0, 0.1) is 5.92 Å². The fraction of sp³-hybridized carbons (Fsp3) is 0.579. The molecule has 2 heterocycles. The van der Waals surface area contributed by atoms with Gasteiger partial charge < -0.3 is 10.4 Å². The van der Waals surface area contributed by atoms with Gasteiger partial charge >= 0.3 is 0 Å². The Morgan fingerprint density at radius 1 is 1.33 bits per heavy atom. The molecule has 1 fully saturated rings. The molecule has 2 N–H and O–H groups in total. The van der Waals surface area contributed by atoms with E-state index in [9.17, 15) is 5.11 Å².